The van der Waals surface area contributed by atoms with E-state index in [2.05, 4.69) is 26.2 Å². The average Bonchev–Trinajstić information content (AvgIpc) is 2.93. The van der Waals surface area contributed by atoms with Crippen molar-refractivity contribution in [2.75, 3.05) is 11.3 Å². The third kappa shape index (κ3) is 3.81. The minimum Gasteiger partial charge on any atom is -0.395 e. The Labute approximate surface area is 120 Å². The first-order valence-corrected chi connectivity index (χ1v) is 7.34. The molecule has 0 unspecified atom stereocenters. The van der Waals surface area contributed by atoms with Gasteiger partial charge in [-0.3, -0.25) is 4.72 Å². The first-order chi connectivity index (χ1) is 10.0. The van der Waals surface area contributed by atoms with Crippen LogP contribution in [0.4, 0.5) is 10.2 Å². The maximum Gasteiger partial charge on any atom is 0.263 e. The third-order valence-electron chi connectivity index (χ3n) is 2.39. The van der Waals surface area contributed by atoms with Crippen molar-refractivity contribution in [1.29, 1.82) is 0 Å². The monoisotopic (exact) mass is 310 g/mol. The number of aromatic nitrogens is 1. The highest BCUT2D eigenvalue weighted by molar-refractivity contribution is 7.92. The van der Waals surface area contributed by atoms with Gasteiger partial charge < -0.3 is 9.63 Å². The molecule has 0 amide bonds. The van der Waals surface area contributed by atoms with E-state index in [-0.39, 0.29) is 29.3 Å². The standard InChI is InChI=1S/C13H11FN2O4S/c14-12-9-11(5-4-10(12)3-1-2-7-17)21(18,19)16-13-6-8-20-15-13/h4-6,8-9,17H,2,7H2,(H,15,16). The molecule has 0 fully saturated rings. The van der Waals surface area contributed by atoms with Gasteiger partial charge in [-0.05, 0) is 18.2 Å². The van der Waals surface area contributed by atoms with E-state index in [4.69, 9.17) is 5.11 Å². The number of aliphatic hydroxyl groups excluding tert-OH is 1. The first kappa shape index (κ1) is 15.0. The molecule has 110 valence electrons. The highest BCUT2D eigenvalue weighted by Gasteiger charge is 2.17. The molecular weight excluding hydrogens is 299 g/mol. The van der Waals surface area contributed by atoms with Crippen LogP contribution < -0.4 is 4.72 Å². The minimum absolute atomic E-state index is 0.00206. The van der Waals surface area contributed by atoms with Crippen LogP contribution in [-0.2, 0) is 10.0 Å². The van der Waals surface area contributed by atoms with Crippen molar-refractivity contribution in [2.24, 2.45) is 0 Å². The number of halogens is 1. The second-order valence-electron chi connectivity index (χ2n) is 3.91. The Balaban J connectivity index is 2.25. The molecule has 2 N–H and O–H groups in total. The molecule has 0 aliphatic rings. The fourth-order valence-electron chi connectivity index (χ4n) is 1.44. The van der Waals surface area contributed by atoms with Crippen LogP contribution in [0.15, 0.2) is 39.9 Å². The molecule has 1 aromatic heterocycles. The lowest BCUT2D eigenvalue weighted by molar-refractivity contribution is 0.305. The molecule has 0 radical (unpaired) electrons. The fraction of sp³-hybridized carbons (Fsp3) is 0.154. The summed E-state index contributed by atoms with van der Waals surface area (Å²) in [6, 6.07) is 4.68. The van der Waals surface area contributed by atoms with Gasteiger partial charge in [0.15, 0.2) is 5.82 Å². The summed E-state index contributed by atoms with van der Waals surface area (Å²) < 4.78 is 44.4. The van der Waals surface area contributed by atoms with Crippen molar-refractivity contribution >= 4 is 15.8 Å². The van der Waals surface area contributed by atoms with Crippen LogP contribution in [0, 0.1) is 17.7 Å². The van der Waals surface area contributed by atoms with Crippen molar-refractivity contribution in [3.8, 4) is 11.8 Å². The van der Waals surface area contributed by atoms with Crippen LogP contribution in [0.25, 0.3) is 0 Å². The Morgan fingerprint density at radius 1 is 1.38 bits per heavy atom. The smallest absolute Gasteiger partial charge is 0.263 e. The number of sulfonamides is 1. The van der Waals surface area contributed by atoms with E-state index < -0.39 is 15.8 Å². The van der Waals surface area contributed by atoms with Gasteiger partial charge in [0.25, 0.3) is 10.0 Å². The average molecular weight is 310 g/mol. The quantitative estimate of drug-likeness (QED) is 0.832. The van der Waals surface area contributed by atoms with Crippen LogP contribution in [-0.4, -0.2) is 25.3 Å². The molecule has 21 heavy (non-hydrogen) atoms. The molecule has 1 heterocycles. The van der Waals surface area contributed by atoms with Gasteiger partial charge in [-0.2, -0.15) is 0 Å². The molecule has 0 saturated carbocycles. The van der Waals surface area contributed by atoms with Crippen molar-refractivity contribution in [3.05, 3.63) is 41.9 Å². The van der Waals surface area contributed by atoms with Crippen LogP contribution in [0.5, 0.6) is 0 Å². The normalized spacial score (nSPS) is 10.8. The Bertz CT molecular complexity index is 776. The predicted octanol–water partition coefficient (Wildman–Crippen LogP) is 1.35. The summed E-state index contributed by atoms with van der Waals surface area (Å²) in [4.78, 5) is -0.254. The number of hydrogen-bond acceptors (Lipinski definition) is 5. The Kier molecular flexibility index (Phi) is 4.57. The zero-order valence-corrected chi connectivity index (χ0v) is 11.5. The molecule has 8 heteroatoms. The summed E-state index contributed by atoms with van der Waals surface area (Å²) in [5.41, 5.74) is 0.0591. The van der Waals surface area contributed by atoms with Gasteiger partial charge in [0.2, 0.25) is 0 Å². The summed E-state index contributed by atoms with van der Waals surface area (Å²) in [6.45, 7) is -0.122. The van der Waals surface area contributed by atoms with Gasteiger partial charge >= 0.3 is 0 Å². The second kappa shape index (κ2) is 6.39. The summed E-state index contributed by atoms with van der Waals surface area (Å²) in [6.07, 6.45) is 1.42. The van der Waals surface area contributed by atoms with E-state index >= 15 is 0 Å². The van der Waals surface area contributed by atoms with Gasteiger partial charge in [-0.25, -0.2) is 12.8 Å². The molecule has 2 rings (SSSR count). The predicted molar refractivity (Wildman–Crippen MR) is 72.3 cm³/mol. The SMILES string of the molecule is O=S(=O)(Nc1ccon1)c1ccc(C#CCCO)c(F)c1. The largest absolute Gasteiger partial charge is 0.395 e. The molecule has 2 aromatic rings. The van der Waals surface area contributed by atoms with Crippen LogP contribution in [0.1, 0.15) is 12.0 Å². The number of aliphatic hydroxyl groups is 1. The summed E-state index contributed by atoms with van der Waals surface area (Å²) in [5, 5.41) is 12.0. The van der Waals surface area contributed by atoms with Crippen molar-refractivity contribution < 1.29 is 22.4 Å². The number of nitrogens with one attached hydrogen (secondary N) is 1. The van der Waals surface area contributed by atoms with Crippen LogP contribution in [0.3, 0.4) is 0 Å². The lowest BCUT2D eigenvalue weighted by atomic mass is 10.2. The fourth-order valence-corrected chi connectivity index (χ4v) is 2.44. The molecule has 0 saturated heterocycles. The number of benzene rings is 1. The molecule has 0 aliphatic heterocycles. The number of anilines is 1. The minimum atomic E-state index is -3.95. The summed E-state index contributed by atoms with van der Waals surface area (Å²) >= 11 is 0. The summed E-state index contributed by atoms with van der Waals surface area (Å²) in [5.74, 6) is 4.31. The second-order valence-corrected chi connectivity index (χ2v) is 5.59. The van der Waals surface area contributed by atoms with Crippen LogP contribution >= 0.6 is 0 Å². The van der Waals surface area contributed by atoms with E-state index in [9.17, 15) is 12.8 Å². The zero-order valence-electron chi connectivity index (χ0n) is 10.7. The van der Waals surface area contributed by atoms with Gasteiger partial charge in [-0.1, -0.05) is 17.0 Å². The lowest BCUT2D eigenvalue weighted by Gasteiger charge is -2.05. The van der Waals surface area contributed by atoms with Gasteiger partial charge in [0.05, 0.1) is 17.1 Å². The molecule has 0 bridgehead atoms. The van der Waals surface area contributed by atoms with Crippen molar-refractivity contribution in [2.45, 2.75) is 11.3 Å². The van der Waals surface area contributed by atoms with E-state index in [1.54, 1.807) is 0 Å². The topological polar surface area (TPSA) is 92.4 Å². The Morgan fingerprint density at radius 3 is 2.81 bits per heavy atom. The molecule has 6 nitrogen and oxygen atoms in total. The van der Waals surface area contributed by atoms with E-state index in [1.165, 1.54) is 24.5 Å². The Morgan fingerprint density at radius 2 is 2.19 bits per heavy atom. The molecule has 0 aliphatic carbocycles. The maximum atomic E-state index is 13.8. The lowest BCUT2D eigenvalue weighted by Crippen LogP contribution is -2.13. The molecule has 0 atom stereocenters. The Hall–Kier alpha value is -2.37. The van der Waals surface area contributed by atoms with Gasteiger partial charge in [0, 0.05) is 12.5 Å². The van der Waals surface area contributed by atoms with Crippen molar-refractivity contribution in [3.63, 3.8) is 0 Å². The molecule has 1 aromatic carbocycles. The third-order valence-corrected chi connectivity index (χ3v) is 3.74. The number of rotatable bonds is 4. The molecular formula is C13H11FN2O4S. The van der Waals surface area contributed by atoms with E-state index in [0.717, 1.165) is 6.07 Å². The van der Waals surface area contributed by atoms with E-state index in [0.29, 0.717) is 0 Å². The van der Waals surface area contributed by atoms with Crippen molar-refractivity contribution in [1.82, 2.24) is 5.16 Å². The number of nitrogens with zero attached hydrogens (tertiary/aromatic N) is 1. The number of hydrogen-bond donors (Lipinski definition) is 2. The van der Waals surface area contributed by atoms with E-state index in [1.807, 2.05) is 0 Å². The summed E-state index contributed by atoms with van der Waals surface area (Å²) in [7, 11) is -3.95. The highest BCUT2D eigenvalue weighted by atomic mass is 32.2. The zero-order chi connectivity index (χ0) is 15.3. The highest BCUT2D eigenvalue weighted by Crippen LogP contribution is 2.17. The maximum absolute atomic E-state index is 13.8. The van der Waals surface area contributed by atoms with Crippen LogP contribution in [0.2, 0.25) is 0 Å². The van der Waals surface area contributed by atoms with Gasteiger partial charge in [-0.15, -0.1) is 0 Å². The van der Waals surface area contributed by atoms with Gasteiger partial charge in [0.1, 0.15) is 12.1 Å². The molecule has 0 spiro atoms. The first-order valence-electron chi connectivity index (χ1n) is 5.85.